The Morgan fingerprint density at radius 3 is 3.00 bits per heavy atom. The molecule has 11 heavy (non-hydrogen) atoms. The van der Waals surface area contributed by atoms with E-state index in [1.807, 2.05) is 0 Å². The summed E-state index contributed by atoms with van der Waals surface area (Å²) < 4.78 is 0. The second kappa shape index (κ2) is 5.21. The summed E-state index contributed by atoms with van der Waals surface area (Å²) in [5.74, 6) is 0.661. The Morgan fingerprint density at radius 2 is 2.55 bits per heavy atom. The van der Waals surface area contributed by atoms with Gasteiger partial charge in [-0.3, -0.25) is 9.79 Å². The first-order valence-electron chi connectivity index (χ1n) is 2.99. The van der Waals surface area contributed by atoms with E-state index in [0.717, 1.165) is 13.1 Å². The summed E-state index contributed by atoms with van der Waals surface area (Å²) in [5, 5.41) is 5.27. The zero-order chi connectivity index (χ0) is 7.40. The maximum absolute atomic E-state index is 10.2. The molecule has 64 valence electrons. The molecule has 0 radical (unpaired) electrons. The molecular formula is C5H9Cl2N3O. The molecule has 1 aliphatic heterocycles. The van der Waals surface area contributed by atoms with Gasteiger partial charge in [-0.2, -0.15) is 0 Å². The molecular weight excluding hydrogens is 189 g/mol. The summed E-state index contributed by atoms with van der Waals surface area (Å²) >= 11 is 5.07. The van der Waals surface area contributed by atoms with Crippen molar-refractivity contribution < 1.29 is 4.79 Å². The van der Waals surface area contributed by atoms with Crippen molar-refractivity contribution in [2.75, 3.05) is 19.6 Å². The first kappa shape index (κ1) is 10.5. The number of hydrogen-bond acceptors (Lipinski definition) is 4. The molecule has 4 nitrogen and oxygen atoms in total. The molecule has 2 N–H and O–H groups in total. The van der Waals surface area contributed by atoms with E-state index in [1.54, 1.807) is 0 Å². The van der Waals surface area contributed by atoms with E-state index in [9.17, 15) is 4.79 Å². The number of nitrogens with zero attached hydrogens (tertiary/aromatic N) is 1. The average Bonchev–Trinajstić information content (AvgIpc) is 2.34. The van der Waals surface area contributed by atoms with Crippen molar-refractivity contribution in [3.05, 3.63) is 0 Å². The lowest BCUT2D eigenvalue weighted by molar-refractivity contribution is -0.110. The average molecular weight is 198 g/mol. The SMILES string of the molecule is Cl.O=C(Cl)CNC1=NCCN1. The van der Waals surface area contributed by atoms with Crippen LogP contribution in [0.1, 0.15) is 0 Å². The summed E-state index contributed by atoms with van der Waals surface area (Å²) in [7, 11) is 0. The quantitative estimate of drug-likeness (QED) is 0.600. The van der Waals surface area contributed by atoms with Crippen molar-refractivity contribution >= 4 is 35.2 Å². The maximum atomic E-state index is 10.2. The van der Waals surface area contributed by atoms with Crippen LogP contribution in [0.5, 0.6) is 0 Å². The fraction of sp³-hybridized carbons (Fsp3) is 0.600. The van der Waals surface area contributed by atoms with E-state index in [0.29, 0.717) is 5.96 Å². The van der Waals surface area contributed by atoms with E-state index >= 15 is 0 Å². The van der Waals surface area contributed by atoms with Gasteiger partial charge in [-0.15, -0.1) is 12.4 Å². The Hall–Kier alpha value is -0.480. The van der Waals surface area contributed by atoms with E-state index in [4.69, 9.17) is 11.6 Å². The molecule has 0 aliphatic carbocycles. The zero-order valence-corrected chi connectivity index (χ0v) is 7.34. The molecule has 0 saturated carbocycles. The van der Waals surface area contributed by atoms with Crippen molar-refractivity contribution in [3.63, 3.8) is 0 Å². The number of guanidine groups is 1. The smallest absolute Gasteiger partial charge is 0.240 e. The number of hydrogen-bond donors (Lipinski definition) is 2. The molecule has 0 amide bonds. The topological polar surface area (TPSA) is 53.5 Å². The van der Waals surface area contributed by atoms with Gasteiger partial charge in [0.2, 0.25) is 5.24 Å². The normalized spacial score (nSPS) is 14.5. The molecule has 1 heterocycles. The molecule has 0 saturated heterocycles. The third-order valence-electron chi connectivity index (χ3n) is 1.07. The second-order valence-corrected chi connectivity index (χ2v) is 2.29. The van der Waals surface area contributed by atoms with Gasteiger partial charge in [0.15, 0.2) is 5.96 Å². The highest BCUT2D eigenvalue weighted by Crippen LogP contribution is 1.81. The molecule has 0 spiro atoms. The lowest BCUT2D eigenvalue weighted by Gasteiger charge is -2.01. The van der Waals surface area contributed by atoms with Gasteiger partial charge in [-0.1, -0.05) is 0 Å². The fourth-order valence-corrected chi connectivity index (χ4v) is 0.736. The minimum atomic E-state index is -0.406. The van der Waals surface area contributed by atoms with Gasteiger partial charge in [-0.05, 0) is 11.6 Å². The number of rotatable bonds is 2. The number of halogens is 2. The first-order chi connectivity index (χ1) is 4.79. The van der Waals surface area contributed by atoms with Crippen LogP contribution in [0, 0.1) is 0 Å². The van der Waals surface area contributed by atoms with Crippen LogP contribution in [0.25, 0.3) is 0 Å². The highest BCUT2D eigenvalue weighted by atomic mass is 35.5. The third-order valence-corrected chi connectivity index (χ3v) is 1.20. The summed E-state index contributed by atoms with van der Waals surface area (Å²) in [6, 6.07) is 0. The summed E-state index contributed by atoms with van der Waals surface area (Å²) in [6.07, 6.45) is 0. The van der Waals surface area contributed by atoms with E-state index in [1.165, 1.54) is 0 Å². The van der Waals surface area contributed by atoms with Crippen LogP contribution < -0.4 is 10.6 Å². The van der Waals surface area contributed by atoms with Crippen molar-refractivity contribution in [3.8, 4) is 0 Å². The van der Waals surface area contributed by atoms with Gasteiger partial charge in [0.25, 0.3) is 0 Å². The number of aliphatic imine (C=N–C) groups is 1. The van der Waals surface area contributed by atoms with E-state index in [2.05, 4.69) is 15.6 Å². The van der Waals surface area contributed by atoms with Gasteiger partial charge < -0.3 is 10.6 Å². The molecule has 0 unspecified atom stereocenters. The largest absolute Gasteiger partial charge is 0.355 e. The van der Waals surface area contributed by atoms with Crippen molar-refractivity contribution in [1.82, 2.24) is 10.6 Å². The van der Waals surface area contributed by atoms with Crippen LogP contribution in [0.4, 0.5) is 0 Å². The lowest BCUT2D eigenvalue weighted by Crippen LogP contribution is -2.36. The molecule has 0 aromatic heterocycles. The van der Waals surface area contributed by atoms with E-state index < -0.39 is 5.24 Å². The standard InChI is InChI=1S/C5H8ClN3O.ClH/c6-4(10)3-9-5-7-1-2-8-5;/h1-3H2,(H2,7,8,9);1H. The van der Waals surface area contributed by atoms with Crippen molar-refractivity contribution in [2.45, 2.75) is 0 Å². The Balaban J connectivity index is 0.000001000. The predicted molar refractivity (Wildman–Crippen MR) is 46.4 cm³/mol. The molecule has 0 atom stereocenters. The van der Waals surface area contributed by atoms with Crippen molar-refractivity contribution in [1.29, 1.82) is 0 Å². The molecule has 6 heteroatoms. The number of carbonyl (C=O) groups excluding carboxylic acids is 1. The van der Waals surface area contributed by atoms with Gasteiger partial charge in [0.1, 0.15) is 0 Å². The van der Waals surface area contributed by atoms with Gasteiger partial charge in [-0.25, -0.2) is 0 Å². The van der Waals surface area contributed by atoms with Gasteiger partial charge in [0.05, 0.1) is 13.1 Å². The summed E-state index contributed by atoms with van der Waals surface area (Å²) in [5.41, 5.74) is 0. The maximum Gasteiger partial charge on any atom is 0.240 e. The van der Waals surface area contributed by atoms with Crippen LogP contribution in [0.15, 0.2) is 4.99 Å². The molecule has 0 bridgehead atoms. The van der Waals surface area contributed by atoms with Crippen LogP contribution in [0.3, 0.4) is 0 Å². The molecule has 0 aromatic carbocycles. The predicted octanol–water partition coefficient (Wildman–Crippen LogP) is -0.278. The Labute approximate surface area is 75.8 Å². The first-order valence-corrected chi connectivity index (χ1v) is 3.37. The molecule has 1 aliphatic rings. The Bertz CT molecular complexity index is 171. The number of nitrogens with one attached hydrogen (secondary N) is 2. The Morgan fingerprint density at radius 1 is 1.82 bits per heavy atom. The minimum Gasteiger partial charge on any atom is -0.355 e. The minimum absolute atomic E-state index is 0. The second-order valence-electron chi connectivity index (χ2n) is 1.87. The summed E-state index contributed by atoms with van der Waals surface area (Å²) in [6.45, 7) is 1.73. The van der Waals surface area contributed by atoms with Crippen LogP contribution in [-0.4, -0.2) is 30.8 Å². The highest BCUT2D eigenvalue weighted by molar-refractivity contribution is 6.64. The third kappa shape index (κ3) is 4.06. The van der Waals surface area contributed by atoms with Crippen LogP contribution in [0.2, 0.25) is 0 Å². The highest BCUT2D eigenvalue weighted by Gasteiger charge is 2.04. The lowest BCUT2D eigenvalue weighted by atomic mass is 10.7. The van der Waals surface area contributed by atoms with Crippen molar-refractivity contribution in [2.24, 2.45) is 4.99 Å². The van der Waals surface area contributed by atoms with Gasteiger partial charge >= 0.3 is 0 Å². The molecule has 0 fully saturated rings. The zero-order valence-electron chi connectivity index (χ0n) is 5.76. The van der Waals surface area contributed by atoms with E-state index in [-0.39, 0.29) is 19.0 Å². The fourth-order valence-electron chi connectivity index (χ4n) is 0.670. The summed E-state index contributed by atoms with van der Waals surface area (Å²) in [4.78, 5) is 14.2. The van der Waals surface area contributed by atoms with Gasteiger partial charge in [0, 0.05) is 6.54 Å². The number of carbonyl (C=O) groups is 1. The monoisotopic (exact) mass is 197 g/mol. The van der Waals surface area contributed by atoms with Crippen LogP contribution >= 0.6 is 24.0 Å². The molecule has 1 rings (SSSR count). The molecule has 0 aromatic rings. The Kier molecular flexibility index (Phi) is 4.98. The van der Waals surface area contributed by atoms with Crippen LogP contribution in [-0.2, 0) is 4.79 Å².